The highest BCUT2D eigenvalue weighted by atomic mass is 19.1. The maximum Gasteiger partial charge on any atom is 0.149 e. The number of hydrogen-bond acceptors (Lipinski definition) is 2. The fourth-order valence-electron chi connectivity index (χ4n) is 1.43. The number of fused-ring (bicyclic) bond motifs is 1. The molecule has 0 fully saturated rings. The number of aryl methyl sites for hydroxylation is 1. The Morgan fingerprint density at radius 1 is 1.46 bits per heavy atom. The number of anilines is 1. The van der Waals surface area contributed by atoms with Crippen LogP contribution in [0.15, 0.2) is 18.2 Å². The standard InChI is InChI=1S/C10H10FNO/c1-6-2-3-7-8(13)4-5-12-10(7)9(6)11/h2-4,12-13H,5H2,1H3. The predicted molar refractivity (Wildman–Crippen MR) is 50.2 cm³/mol. The summed E-state index contributed by atoms with van der Waals surface area (Å²) in [6, 6.07) is 3.37. The molecule has 2 rings (SSSR count). The first-order valence-corrected chi connectivity index (χ1v) is 4.12. The third-order valence-electron chi connectivity index (χ3n) is 2.19. The Morgan fingerprint density at radius 2 is 2.23 bits per heavy atom. The molecule has 68 valence electrons. The second-order valence-corrected chi connectivity index (χ2v) is 3.09. The van der Waals surface area contributed by atoms with Crippen LogP contribution >= 0.6 is 0 Å². The molecule has 0 aliphatic carbocycles. The van der Waals surface area contributed by atoms with Gasteiger partial charge in [-0.15, -0.1) is 0 Å². The van der Waals surface area contributed by atoms with E-state index in [2.05, 4.69) is 5.32 Å². The zero-order chi connectivity index (χ0) is 9.42. The largest absolute Gasteiger partial charge is 0.508 e. The van der Waals surface area contributed by atoms with E-state index in [1.54, 1.807) is 25.1 Å². The van der Waals surface area contributed by atoms with Crippen molar-refractivity contribution in [2.45, 2.75) is 6.92 Å². The Labute approximate surface area is 75.7 Å². The Balaban J connectivity index is 2.65. The summed E-state index contributed by atoms with van der Waals surface area (Å²) in [7, 11) is 0. The van der Waals surface area contributed by atoms with Crippen LogP contribution in [-0.2, 0) is 0 Å². The van der Waals surface area contributed by atoms with Crippen LogP contribution in [0.3, 0.4) is 0 Å². The number of benzene rings is 1. The fraction of sp³-hybridized carbons (Fsp3) is 0.200. The average molecular weight is 179 g/mol. The van der Waals surface area contributed by atoms with Crippen molar-refractivity contribution >= 4 is 11.4 Å². The van der Waals surface area contributed by atoms with E-state index < -0.39 is 0 Å². The van der Waals surface area contributed by atoms with Gasteiger partial charge in [-0.2, -0.15) is 0 Å². The third-order valence-corrected chi connectivity index (χ3v) is 2.19. The van der Waals surface area contributed by atoms with Crippen LogP contribution in [0, 0.1) is 12.7 Å². The molecule has 2 nitrogen and oxygen atoms in total. The summed E-state index contributed by atoms with van der Waals surface area (Å²) < 4.78 is 13.5. The molecule has 0 saturated carbocycles. The maximum atomic E-state index is 13.5. The minimum atomic E-state index is -0.280. The normalized spacial score (nSPS) is 14.5. The third kappa shape index (κ3) is 1.16. The summed E-state index contributed by atoms with van der Waals surface area (Å²) in [6.07, 6.45) is 1.62. The van der Waals surface area contributed by atoms with Crippen molar-refractivity contribution in [3.63, 3.8) is 0 Å². The quantitative estimate of drug-likeness (QED) is 0.641. The summed E-state index contributed by atoms with van der Waals surface area (Å²) in [5.74, 6) is -0.134. The van der Waals surface area contributed by atoms with Crippen LogP contribution in [0.5, 0.6) is 0 Å². The van der Waals surface area contributed by atoms with E-state index in [9.17, 15) is 9.50 Å². The fourth-order valence-corrected chi connectivity index (χ4v) is 1.43. The molecule has 0 radical (unpaired) electrons. The molecular weight excluding hydrogens is 169 g/mol. The summed E-state index contributed by atoms with van der Waals surface area (Å²) in [5, 5.41) is 12.3. The molecule has 0 bridgehead atoms. The summed E-state index contributed by atoms with van der Waals surface area (Å²) >= 11 is 0. The van der Waals surface area contributed by atoms with E-state index >= 15 is 0 Å². The molecule has 1 heterocycles. The van der Waals surface area contributed by atoms with Crippen molar-refractivity contribution in [1.82, 2.24) is 0 Å². The SMILES string of the molecule is Cc1ccc2c(c1F)NCC=C2O. The molecule has 0 atom stereocenters. The van der Waals surface area contributed by atoms with Crippen LogP contribution in [-0.4, -0.2) is 11.7 Å². The molecule has 1 aromatic carbocycles. The van der Waals surface area contributed by atoms with E-state index in [0.29, 0.717) is 23.4 Å². The van der Waals surface area contributed by atoms with E-state index in [1.807, 2.05) is 0 Å². The van der Waals surface area contributed by atoms with Crippen molar-refractivity contribution in [2.24, 2.45) is 0 Å². The molecule has 2 N–H and O–H groups in total. The van der Waals surface area contributed by atoms with Gasteiger partial charge in [-0.25, -0.2) is 4.39 Å². The molecule has 0 aromatic heterocycles. The number of hydrogen-bond donors (Lipinski definition) is 2. The van der Waals surface area contributed by atoms with Crippen LogP contribution in [0.2, 0.25) is 0 Å². The Bertz CT molecular complexity index is 385. The maximum absolute atomic E-state index is 13.5. The zero-order valence-electron chi connectivity index (χ0n) is 7.26. The molecule has 1 aliphatic heterocycles. The topological polar surface area (TPSA) is 32.3 Å². The zero-order valence-corrected chi connectivity index (χ0v) is 7.26. The Morgan fingerprint density at radius 3 is 3.00 bits per heavy atom. The molecule has 3 heteroatoms. The van der Waals surface area contributed by atoms with Gasteiger partial charge in [0.15, 0.2) is 0 Å². The molecule has 1 aliphatic rings. The first-order valence-electron chi connectivity index (χ1n) is 4.12. The van der Waals surface area contributed by atoms with Crippen molar-refractivity contribution < 1.29 is 9.50 Å². The monoisotopic (exact) mass is 179 g/mol. The van der Waals surface area contributed by atoms with Gasteiger partial charge in [0.05, 0.1) is 5.69 Å². The minimum absolute atomic E-state index is 0.146. The second-order valence-electron chi connectivity index (χ2n) is 3.09. The highest BCUT2D eigenvalue weighted by Crippen LogP contribution is 2.29. The molecule has 13 heavy (non-hydrogen) atoms. The highest BCUT2D eigenvalue weighted by Gasteiger charge is 2.16. The summed E-state index contributed by atoms with van der Waals surface area (Å²) in [6.45, 7) is 2.17. The van der Waals surface area contributed by atoms with E-state index in [0.717, 1.165) is 0 Å². The summed E-state index contributed by atoms with van der Waals surface area (Å²) in [5.41, 5.74) is 1.52. The highest BCUT2D eigenvalue weighted by molar-refractivity contribution is 5.76. The molecule has 0 saturated heterocycles. The van der Waals surface area contributed by atoms with E-state index in [4.69, 9.17) is 0 Å². The van der Waals surface area contributed by atoms with Gasteiger partial charge < -0.3 is 10.4 Å². The molecular formula is C10H10FNO. The number of aliphatic hydroxyl groups is 1. The van der Waals surface area contributed by atoms with Gasteiger partial charge in [0.25, 0.3) is 0 Å². The van der Waals surface area contributed by atoms with Crippen molar-refractivity contribution in [2.75, 3.05) is 11.9 Å². The van der Waals surface area contributed by atoms with Gasteiger partial charge in [-0.1, -0.05) is 6.07 Å². The van der Waals surface area contributed by atoms with Gasteiger partial charge in [0.1, 0.15) is 11.6 Å². The lowest BCUT2D eigenvalue weighted by atomic mass is 10.0. The number of rotatable bonds is 0. The lowest BCUT2D eigenvalue weighted by molar-refractivity contribution is 0.508. The van der Waals surface area contributed by atoms with Gasteiger partial charge in [-0.05, 0) is 24.6 Å². The molecule has 1 aromatic rings. The van der Waals surface area contributed by atoms with Crippen molar-refractivity contribution in [1.29, 1.82) is 0 Å². The lowest BCUT2D eigenvalue weighted by Crippen LogP contribution is -2.10. The smallest absolute Gasteiger partial charge is 0.149 e. The van der Waals surface area contributed by atoms with E-state index in [1.165, 1.54) is 0 Å². The molecule has 0 unspecified atom stereocenters. The Hall–Kier alpha value is -1.51. The molecule has 0 spiro atoms. The van der Waals surface area contributed by atoms with Gasteiger partial charge in [-0.3, -0.25) is 0 Å². The summed E-state index contributed by atoms with van der Waals surface area (Å²) in [4.78, 5) is 0. The van der Waals surface area contributed by atoms with Crippen LogP contribution < -0.4 is 5.32 Å². The Kier molecular flexibility index (Phi) is 1.72. The van der Waals surface area contributed by atoms with Gasteiger partial charge in [0.2, 0.25) is 0 Å². The van der Waals surface area contributed by atoms with Gasteiger partial charge >= 0.3 is 0 Å². The predicted octanol–water partition coefficient (Wildman–Crippen LogP) is 2.46. The van der Waals surface area contributed by atoms with Gasteiger partial charge in [0, 0.05) is 12.1 Å². The first kappa shape index (κ1) is 8.10. The minimum Gasteiger partial charge on any atom is -0.508 e. The average Bonchev–Trinajstić information content (AvgIpc) is 2.12. The number of nitrogens with one attached hydrogen (secondary N) is 1. The van der Waals surface area contributed by atoms with Crippen LogP contribution in [0.1, 0.15) is 11.1 Å². The first-order chi connectivity index (χ1) is 6.20. The van der Waals surface area contributed by atoms with E-state index in [-0.39, 0.29) is 11.6 Å². The van der Waals surface area contributed by atoms with Crippen molar-refractivity contribution in [3.8, 4) is 0 Å². The van der Waals surface area contributed by atoms with Crippen LogP contribution in [0.25, 0.3) is 5.76 Å². The number of aliphatic hydroxyl groups excluding tert-OH is 1. The van der Waals surface area contributed by atoms with Crippen LogP contribution in [0.4, 0.5) is 10.1 Å². The number of halogens is 1. The lowest BCUT2D eigenvalue weighted by Gasteiger charge is -2.17. The second kappa shape index (κ2) is 2.76. The molecule has 0 amide bonds. The van der Waals surface area contributed by atoms with Crippen molar-refractivity contribution in [3.05, 3.63) is 35.2 Å².